The van der Waals surface area contributed by atoms with Gasteiger partial charge in [-0.25, -0.2) is 0 Å². The average molecular weight is 469 g/mol. The van der Waals surface area contributed by atoms with Gasteiger partial charge in [0.15, 0.2) is 0 Å². The van der Waals surface area contributed by atoms with E-state index in [2.05, 4.69) is 32.5 Å². The van der Waals surface area contributed by atoms with E-state index in [1.807, 2.05) is 55.5 Å². The highest BCUT2D eigenvalue weighted by Gasteiger charge is 2.13. The lowest BCUT2D eigenvalue weighted by molar-refractivity contribution is 0.0342. The lowest BCUT2D eigenvalue weighted by atomic mass is 10.1. The highest BCUT2D eigenvalue weighted by molar-refractivity contribution is 5.94. The molecule has 1 N–H and O–H groups in total. The number of benzene rings is 3. The molecule has 1 aliphatic heterocycles. The van der Waals surface area contributed by atoms with E-state index in [4.69, 9.17) is 9.15 Å². The first-order valence-electron chi connectivity index (χ1n) is 11.8. The Kier molecular flexibility index (Phi) is 6.97. The van der Waals surface area contributed by atoms with E-state index in [1.165, 1.54) is 5.56 Å². The van der Waals surface area contributed by atoms with Crippen molar-refractivity contribution < 1.29 is 13.9 Å². The summed E-state index contributed by atoms with van der Waals surface area (Å²) in [5, 5.41) is 11.3. The van der Waals surface area contributed by atoms with Crippen molar-refractivity contribution in [3.05, 3.63) is 95.1 Å². The number of carbonyl (C=O) groups excluding carboxylic acids is 1. The number of amides is 1. The third-order valence-electron chi connectivity index (χ3n) is 6.04. The molecule has 0 atom stereocenters. The maximum atomic E-state index is 12.7. The highest BCUT2D eigenvalue weighted by Crippen LogP contribution is 2.24. The van der Waals surface area contributed by atoms with Crippen molar-refractivity contribution in [2.24, 2.45) is 0 Å². The third kappa shape index (κ3) is 5.82. The smallest absolute Gasteiger partial charge is 0.251 e. The van der Waals surface area contributed by atoms with Crippen molar-refractivity contribution in [1.29, 1.82) is 0 Å². The zero-order valence-corrected chi connectivity index (χ0v) is 19.7. The van der Waals surface area contributed by atoms with Gasteiger partial charge in [-0.05, 0) is 54.4 Å². The molecule has 0 bridgehead atoms. The molecular weight excluding hydrogens is 440 g/mol. The van der Waals surface area contributed by atoms with E-state index < -0.39 is 0 Å². The van der Waals surface area contributed by atoms with Crippen LogP contribution in [0.2, 0.25) is 0 Å². The fraction of sp³-hybridized carbons (Fsp3) is 0.250. The Bertz CT molecular complexity index is 1290. The van der Waals surface area contributed by atoms with Gasteiger partial charge in [-0.15, -0.1) is 10.2 Å². The number of morpholine rings is 1. The van der Waals surface area contributed by atoms with E-state index in [-0.39, 0.29) is 5.91 Å². The van der Waals surface area contributed by atoms with Crippen molar-refractivity contribution in [3.8, 4) is 22.9 Å². The molecule has 0 spiro atoms. The average Bonchev–Trinajstić information content (AvgIpc) is 3.39. The summed E-state index contributed by atoms with van der Waals surface area (Å²) in [4.78, 5) is 15.1. The molecule has 1 amide bonds. The summed E-state index contributed by atoms with van der Waals surface area (Å²) in [6, 6.07) is 23.5. The van der Waals surface area contributed by atoms with Gasteiger partial charge in [0.25, 0.3) is 5.91 Å². The Morgan fingerprint density at radius 1 is 0.886 bits per heavy atom. The standard InChI is InChI=1S/C28H28N4O3/c1-20-4-2-7-25(16-20)28-31-30-27(35-28)24-10-8-23(9-11-24)26(33)29-18-21-5-3-6-22(17-21)19-32-12-14-34-15-13-32/h2-11,16-17H,12-15,18-19H2,1H3,(H,29,33). The molecule has 4 aromatic rings. The van der Waals surface area contributed by atoms with Crippen LogP contribution in [0.25, 0.3) is 22.9 Å². The van der Waals surface area contributed by atoms with Gasteiger partial charge in [0.2, 0.25) is 11.8 Å². The lowest BCUT2D eigenvalue weighted by Crippen LogP contribution is -2.35. The molecule has 5 rings (SSSR count). The second-order valence-corrected chi connectivity index (χ2v) is 8.75. The summed E-state index contributed by atoms with van der Waals surface area (Å²) in [5.74, 6) is 0.771. The van der Waals surface area contributed by atoms with Crippen LogP contribution in [0, 0.1) is 6.92 Å². The van der Waals surface area contributed by atoms with Crippen molar-refractivity contribution >= 4 is 5.91 Å². The second kappa shape index (κ2) is 10.6. The van der Waals surface area contributed by atoms with Gasteiger partial charge in [-0.2, -0.15) is 0 Å². The van der Waals surface area contributed by atoms with Gasteiger partial charge in [0, 0.05) is 42.9 Å². The van der Waals surface area contributed by atoms with Crippen LogP contribution in [0.4, 0.5) is 0 Å². The summed E-state index contributed by atoms with van der Waals surface area (Å²) >= 11 is 0. The molecular formula is C28H28N4O3. The molecule has 0 saturated carbocycles. The van der Waals surface area contributed by atoms with Crippen LogP contribution >= 0.6 is 0 Å². The minimum atomic E-state index is -0.124. The molecule has 1 aliphatic rings. The van der Waals surface area contributed by atoms with Crippen LogP contribution in [0.15, 0.2) is 77.2 Å². The van der Waals surface area contributed by atoms with E-state index >= 15 is 0 Å². The summed E-state index contributed by atoms with van der Waals surface area (Å²) < 4.78 is 11.3. The van der Waals surface area contributed by atoms with E-state index in [9.17, 15) is 4.79 Å². The molecule has 1 saturated heterocycles. The molecule has 0 radical (unpaired) electrons. The van der Waals surface area contributed by atoms with Crippen LogP contribution < -0.4 is 5.32 Å². The van der Waals surface area contributed by atoms with E-state index in [0.29, 0.717) is 23.9 Å². The van der Waals surface area contributed by atoms with Crippen LogP contribution in [0.3, 0.4) is 0 Å². The first-order chi connectivity index (χ1) is 17.1. The fourth-order valence-electron chi connectivity index (χ4n) is 4.14. The van der Waals surface area contributed by atoms with Crippen molar-refractivity contribution in [2.75, 3.05) is 26.3 Å². The molecule has 178 valence electrons. The first-order valence-corrected chi connectivity index (χ1v) is 11.8. The number of rotatable bonds is 7. The molecule has 0 aliphatic carbocycles. The molecule has 35 heavy (non-hydrogen) atoms. The minimum absolute atomic E-state index is 0.124. The Morgan fingerprint density at radius 2 is 1.60 bits per heavy atom. The second-order valence-electron chi connectivity index (χ2n) is 8.75. The first kappa shape index (κ1) is 23.0. The van der Waals surface area contributed by atoms with Crippen LogP contribution in [0.1, 0.15) is 27.0 Å². The number of ether oxygens (including phenoxy) is 1. The number of aryl methyl sites for hydroxylation is 1. The Morgan fingerprint density at radius 3 is 2.37 bits per heavy atom. The topological polar surface area (TPSA) is 80.5 Å². The molecule has 0 unspecified atom stereocenters. The number of hydrogen-bond acceptors (Lipinski definition) is 6. The quantitative estimate of drug-likeness (QED) is 0.431. The summed E-state index contributed by atoms with van der Waals surface area (Å²) in [5.41, 5.74) is 5.68. The van der Waals surface area contributed by atoms with Crippen LogP contribution in [0.5, 0.6) is 0 Å². The molecule has 1 fully saturated rings. The number of nitrogens with one attached hydrogen (secondary N) is 1. The zero-order chi connectivity index (χ0) is 24.0. The molecule has 7 nitrogen and oxygen atoms in total. The summed E-state index contributed by atoms with van der Waals surface area (Å²) in [6.07, 6.45) is 0. The summed E-state index contributed by atoms with van der Waals surface area (Å²) in [7, 11) is 0. The van der Waals surface area contributed by atoms with Gasteiger partial charge in [-0.1, -0.05) is 42.0 Å². The Hall–Kier alpha value is -3.81. The maximum Gasteiger partial charge on any atom is 0.251 e. The van der Waals surface area contributed by atoms with Gasteiger partial charge in [0.05, 0.1) is 13.2 Å². The fourth-order valence-corrected chi connectivity index (χ4v) is 4.14. The molecule has 3 aromatic carbocycles. The normalized spacial score (nSPS) is 14.1. The zero-order valence-electron chi connectivity index (χ0n) is 19.7. The van der Waals surface area contributed by atoms with Gasteiger partial charge in [0.1, 0.15) is 0 Å². The highest BCUT2D eigenvalue weighted by atomic mass is 16.5. The summed E-state index contributed by atoms with van der Waals surface area (Å²) in [6.45, 7) is 6.87. The van der Waals surface area contributed by atoms with E-state index in [1.54, 1.807) is 12.1 Å². The van der Waals surface area contributed by atoms with Gasteiger partial charge >= 0.3 is 0 Å². The maximum absolute atomic E-state index is 12.7. The van der Waals surface area contributed by atoms with Crippen LogP contribution in [-0.2, 0) is 17.8 Å². The van der Waals surface area contributed by atoms with Gasteiger partial charge in [-0.3, -0.25) is 9.69 Å². The monoisotopic (exact) mass is 468 g/mol. The minimum Gasteiger partial charge on any atom is -0.416 e. The van der Waals surface area contributed by atoms with Crippen LogP contribution in [-0.4, -0.2) is 47.3 Å². The number of hydrogen-bond donors (Lipinski definition) is 1. The molecule has 7 heteroatoms. The molecule has 2 heterocycles. The molecule has 1 aromatic heterocycles. The number of aromatic nitrogens is 2. The third-order valence-corrected chi connectivity index (χ3v) is 6.04. The van der Waals surface area contributed by atoms with Crippen molar-refractivity contribution in [2.45, 2.75) is 20.0 Å². The van der Waals surface area contributed by atoms with Crippen molar-refractivity contribution in [1.82, 2.24) is 20.4 Å². The Labute approximate surface area is 204 Å². The van der Waals surface area contributed by atoms with Crippen molar-refractivity contribution in [3.63, 3.8) is 0 Å². The predicted molar refractivity (Wildman–Crippen MR) is 134 cm³/mol. The van der Waals surface area contributed by atoms with E-state index in [0.717, 1.165) is 55.1 Å². The Balaban J connectivity index is 1.19. The predicted octanol–water partition coefficient (Wildman–Crippen LogP) is 4.47. The largest absolute Gasteiger partial charge is 0.416 e. The van der Waals surface area contributed by atoms with Gasteiger partial charge < -0.3 is 14.5 Å². The number of carbonyl (C=O) groups is 1. The SMILES string of the molecule is Cc1cccc(-c2nnc(-c3ccc(C(=O)NCc4cccc(CN5CCOCC5)c4)cc3)o2)c1. The lowest BCUT2D eigenvalue weighted by Gasteiger charge is -2.26. The number of nitrogens with zero attached hydrogens (tertiary/aromatic N) is 3.